The van der Waals surface area contributed by atoms with Crippen molar-refractivity contribution >= 4 is 34.8 Å². The number of hydrogen-bond acceptors (Lipinski definition) is 12. The largest absolute Gasteiger partial charge is 0.464 e. The molecule has 1 saturated heterocycles. The molecule has 16 nitrogen and oxygen atoms in total. The van der Waals surface area contributed by atoms with Crippen molar-refractivity contribution in [1.29, 1.82) is 0 Å². The molecule has 4 N–H and O–H groups in total. The molecule has 4 atom stereocenters. The normalized spacial score (nSPS) is 16.6. The van der Waals surface area contributed by atoms with Gasteiger partial charge in [-0.2, -0.15) is 0 Å². The van der Waals surface area contributed by atoms with E-state index in [0.29, 0.717) is 32.5 Å². The number of anilines is 1. The van der Waals surface area contributed by atoms with Crippen molar-refractivity contribution in [2.45, 2.75) is 70.7 Å². The van der Waals surface area contributed by atoms with Crippen molar-refractivity contribution in [3.63, 3.8) is 0 Å². The number of benzene rings is 1. The first kappa shape index (κ1) is 37.9. The predicted octanol–water partition coefficient (Wildman–Crippen LogP) is 1.59. The van der Waals surface area contributed by atoms with Gasteiger partial charge in [0.1, 0.15) is 11.7 Å². The molecule has 0 radical (unpaired) electrons. The van der Waals surface area contributed by atoms with Crippen LogP contribution in [0.5, 0.6) is 0 Å². The monoisotopic (exact) mass is 647 g/mol. The number of terminal acetylenes is 1. The van der Waals surface area contributed by atoms with E-state index >= 15 is 0 Å². The molecule has 0 bridgehead atoms. The Hall–Kier alpha value is -4.33. The predicted molar refractivity (Wildman–Crippen MR) is 170 cm³/mol. The van der Waals surface area contributed by atoms with E-state index in [2.05, 4.69) is 32.1 Å². The van der Waals surface area contributed by atoms with Crippen LogP contribution in [0.3, 0.4) is 0 Å². The van der Waals surface area contributed by atoms with Gasteiger partial charge in [-0.15, -0.1) is 12.3 Å². The Morgan fingerprint density at radius 2 is 1.78 bits per heavy atom. The van der Waals surface area contributed by atoms with E-state index in [-0.39, 0.29) is 48.0 Å². The highest BCUT2D eigenvalue weighted by Gasteiger charge is 2.52. The van der Waals surface area contributed by atoms with Gasteiger partial charge < -0.3 is 35.6 Å². The average Bonchev–Trinajstić information content (AvgIpc) is 3.80. The number of nitro benzene ring substituents is 2. The number of nitrogens with one attached hydrogen (secondary N) is 4. The van der Waals surface area contributed by atoms with E-state index in [1.807, 2.05) is 20.9 Å². The van der Waals surface area contributed by atoms with Gasteiger partial charge in [0, 0.05) is 25.6 Å². The van der Waals surface area contributed by atoms with E-state index < -0.39 is 40.0 Å². The Bertz CT molecular complexity index is 1250. The molecule has 0 unspecified atom stereocenters. The van der Waals surface area contributed by atoms with Crippen LogP contribution < -0.4 is 21.3 Å². The molecule has 2 amide bonds. The van der Waals surface area contributed by atoms with E-state index in [4.69, 9.17) is 15.9 Å². The summed E-state index contributed by atoms with van der Waals surface area (Å²) in [6.45, 7) is 8.73. The molecule has 0 aliphatic carbocycles. The van der Waals surface area contributed by atoms with Crippen LogP contribution in [-0.4, -0.2) is 103 Å². The fourth-order valence-corrected chi connectivity index (χ4v) is 4.66. The van der Waals surface area contributed by atoms with Crippen LogP contribution in [0.15, 0.2) is 18.2 Å². The average molecular weight is 648 g/mol. The van der Waals surface area contributed by atoms with Crippen LogP contribution in [-0.2, 0) is 23.9 Å². The Balaban J connectivity index is 1.72. The smallest absolute Gasteiger partial charge is 0.338 e. The molecule has 0 saturated carbocycles. The lowest BCUT2D eigenvalue weighted by molar-refractivity contribution is -0.393. The van der Waals surface area contributed by atoms with Gasteiger partial charge in [0.2, 0.25) is 5.91 Å². The lowest BCUT2D eigenvalue weighted by atomic mass is 10.0. The fourth-order valence-electron chi connectivity index (χ4n) is 4.66. The lowest BCUT2D eigenvalue weighted by Crippen LogP contribution is -2.53. The Labute approximate surface area is 268 Å². The number of hydrogen-bond donors (Lipinski definition) is 4. The van der Waals surface area contributed by atoms with Gasteiger partial charge in [0.15, 0.2) is 12.2 Å². The zero-order valence-corrected chi connectivity index (χ0v) is 26.8. The molecule has 0 aromatic heterocycles. The van der Waals surface area contributed by atoms with Crippen LogP contribution >= 0.6 is 0 Å². The number of nitro groups is 2. The highest BCUT2D eigenvalue weighted by molar-refractivity contribution is 5.95. The summed E-state index contributed by atoms with van der Waals surface area (Å²) in [5.74, 6) is 1.16. The second-order valence-electron chi connectivity index (χ2n) is 11.4. The summed E-state index contributed by atoms with van der Waals surface area (Å²) in [4.78, 5) is 60.5. The summed E-state index contributed by atoms with van der Waals surface area (Å²) >= 11 is 0. The third kappa shape index (κ3) is 13.0. The third-order valence-electron chi connectivity index (χ3n) is 7.02. The van der Waals surface area contributed by atoms with E-state index in [9.17, 15) is 34.6 Å². The molecular weight excluding hydrogens is 602 g/mol. The number of carbonyl (C=O) groups excluding carboxylic acids is 3. The Kier molecular flexibility index (Phi) is 15.8. The molecule has 1 aliphatic rings. The number of epoxide rings is 1. The maximum atomic E-state index is 13.1. The van der Waals surface area contributed by atoms with Gasteiger partial charge in [-0.05, 0) is 64.9 Å². The zero-order chi connectivity index (χ0) is 34.2. The van der Waals surface area contributed by atoms with Crippen molar-refractivity contribution < 1.29 is 33.7 Å². The summed E-state index contributed by atoms with van der Waals surface area (Å²) < 4.78 is 10.0. The maximum absolute atomic E-state index is 13.1. The number of carbonyl (C=O) groups is 3. The summed E-state index contributed by atoms with van der Waals surface area (Å²) in [6, 6.07) is 2.32. The molecule has 1 aromatic carbocycles. The fraction of sp³-hybridized carbons (Fsp3) is 0.633. The van der Waals surface area contributed by atoms with Gasteiger partial charge in [-0.1, -0.05) is 13.8 Å². The molecule has 16 heteroatoms. The molecule has 46 heavy (non-hydrogen) atoms. The highest BCUT2D eigenvalue weighted by Crippen LogP contribution is 2.29. The second kappa shape index (κ2) is 19.2. The van der Waals surface area contributed by atoms with Gasteiger partial charge in [-0.25, -0.2) is 4.79 Å². The molecule has 1 fully saturated rings. The first-order valence-corrected chi connectivity index (χ1v) is 15.3. The SMILES string of the molecule is C#CC[C@@H](CNCCCN(C)CCCNc1ccc([N+](=O)[O-])cc1[N+](=O)[O-])NC(=O)[C@H](CC(C)C)NC(=O)[C@H]1O[C@@H]1C(=O)OCC. The molecule has 0 spiro atoms. The van der Waals surface area contributed by atoms with Crippen molar-refractivity contribution in [2.75, 3.05) is 51.7 Å². The van der Waals surface area contributed by atoms with E-state index in [1.54, 1.807) is 6.92 Å². The minimum absolute atomic E-state index is 0.106. The number of non-ortho nitro benzene ring substituents is 1. The van der Waals surface area contributed by atoms with Crippen molar-refractivity contribution in [1.82, 2.24) is 20.9 Å². The van der Waals surface area contributed by atoms with Crippen LogP contribution in [0.25, 0.3) is 0 Å². The zero-order valence-electron chi connectivity index (χ0n) is 26.8. The first-order chi connectivity index (χ1) is 21.9. The highest BCUT2D eigenvalue weighted by atomic mass is 16.6. The Morgan fingerprint density at radius 3 is 2.39 bits per heavy atom. The van der Waals surface area contributed by atoms with E-state index in [1.165, 1.54) is 12.1 Å². The molecular formula is C30H45N7O9. The number of esters is 1. The van der Waals surface area contributed by atoms with Crippen LogP contribution in [0, 0.1) is 38.5 Å². The quantitative estimate of drug-likeness (QED) is 0.0353. The van der Waals surface area contributed by atoms with Crippen molar-refractivity contribution in [3.05, 3.63) is 38.4 Å². The van der Waals surface area contributed by atoms with Gasteiger partial charge in [-0.3, -0.25) is 29.8 Å². The first-order valence-electron chi connectivity index (χ1n) is 15.3. The summed E-state index contributed by atoms with van der Waals surface area (Å²) in [5, 5.41) is 34.1. The van der Waals surface area contributed by atoms with E-state index in [0.717, 1.165) is 25.6 Å². The summed E-state index contributed by atoms with van der Waals surface area (Å²) in [6.07, 6.45) is 5.78. The minimum atomic E-state index is -0.976. The van der Waals surface area contributed by atoms with Crippen LogP contribution in [0.1, 0.15) is 46.5 Å². The number of rotatable bonds is 22. The van der Waals surface area contributed by atoms with Gasteiger partial charge >= 0.3 is 5.97 Å². The molecule has 2 rings (SSSR count). The lowest BCUT2D eigenvalue weighted by Gasteiger charge is -2.24. The summed E-state index contributed by atoms with van der Waals surface area (Å²) in [7, 11) is 1.96. The number of nitrogens with zero attached hydrogens (tertiary/aromatic N) is 3. The van der Waals surface area contributed by atoms with Crippen LogP contribution in [0.2, 0.25) is 0 Å². The standard InChI is InChI=1S/C30H45N7O9/c1-6-10-21(33-28(38)24(17-20(3)4)34-29(39)26-27(46-26)30(40)45-7-2)19-31-13-8-15-35(5)16-9-14-32-23-12-11-22(36(41)42)18-25(23)37(43)44/h1,11-12,18,20-21,24,26-27,31-32H,7-10,13-17,19H2,2-5H3,(H,33,38)(H,34,39)/t21-,24-,26-,27-/m0/s1. The molecule has 1 heterocycles. The minimum Gasteiger partial charge on any atom is -0.464 e. The van der Waals surface area contributed by atoms with Crippen LogP contribution in [0.4, 0.5) is 17.1 Å². The number of ether oxygens (including phenoxy) is 2. The van der Waals surface area contributed by atoms with Crippen molar-refractivity contribution in [3.8, 4) is 12.3 Å². The van der Waals surface area contributed by atoms with Gasteiger partial charge in [0.25, 0.3) is 17.3 Å². The van der Waals surface area contributed by atoms with Gasteiger partial charge in [0.05, 0.1) is 28.6 Å². The second-order valence-corrected chi connectivity index (χ2v) is 11.4. The molecule has 1 aliphatic heterocycles. The summed E-state index contributed by atoms with van der Waals surface area (Å²) in [5.41, 5.74) is -0.452. The molecule has 1 aromatic rings. The van der Waals surface area contributed by atoms with Crippen molar-refractivity contribution in [2.24, 2.45) is 5.92 Å². The third-order valence-corrected chi connectivity index (χ3v) is 7.02. The Morgan fingerprint density at radius 1 is 1.09 bits per heavy atom. The number of amides is 2. The topological polar surface area (TPSA) is 211 Å². The maximum Gasteiger partial charge on any atom is 0.338 e. The molecule has 254 valence electrons.